The number of hydrogen-bond acceptors (Lipinski definition) is 7. The number of rotatable bonds is 5. The van der Waals surface area contributed by atoms with Crippen LogP contribution >= 0.6 is 15.9 Å². The van der Waals surface area contributed by atoms with Crippen molar-refractivity contribution >= 4 is 39.6 Å². The maximum absolute atomic E-state index is 14.8. The van der Waals surface area contributed by atoms with E-state index in [-0.39, 0.29) is 43.3 Å². The first-order valence-electron chi connectivity index (χ1n) is 16.2. The SMILES string of the molecule is C[C@H]1NC(=O)CC/C=C\CN(C2CCCCC2)C(=O)[C@@H]2N(CCCO)C(=O)[C@H]3[C@H](C(=O)O[C@@H]1c1ccccc1)[C@H]1O[C@@]23C=C1Br. The van der Waals surface area contributed by atoms with Gasteiger partial charge in [0.15, 0.2) is 0 Å². The van der Waals surface area contributed by atoms with E-state index in [2.05, 4.69) is 21.2 Å². The van der Waals surface area contributed by atoms with Crippen molar-refractivity contribution in [2.75, 3.05) is 19.7 Å². The quantitative estimate of drug-likeness (QED) is 0.359. The van der Waals surface area contributed by atoms with E-state index in [0.29, 0.717) is 29.4 Å². The second-order valence-corrected chi connectivity index (χ2v) is 13.8. The molecule has 5 aliphatic rings. The van der Waals surface area contributed by atoms with Crippen molar-refractivity contribution < 1.29 is 33.8 Å². The van der Waals surface area contributed by atoms with E-state index in [1.807, 2.05) is 53.5 Å². The summed E-state index contributed by atoms with van der Waals surface area (Å²) in [6.07, 6.45) is 9.99. The molecule has 6 rings (SSSR count). The van der Waals surface area contributed by atoms with E-state index in [1.54, 1.807) is 6.92 Å². The molecule has 0 aromatic heterocycles. The molecule has 4 heterocycles. The monoisotopic (exact) mass is 683 g/mol. The summed E-state index contributed by atoms with van der Waals surface area (Å²) in [5, 5.41) is 12.7. The first kappa shape index (κ1) is 31.9. The summed E-state index contributed by atoms with van der Waals surface area (Å²) in [5.41, 5.74) is -0.646. The van der Waals surface area contributed by atoms with Crippen molar-refractivity contribution in [2.45, 2.75) is 94.2 Å². The number of cyclic esters (lactones) is 1. The van der Waals surface area contributed by atoms with Gasteiger partial charge in [-0.05, 0) is 44.2 Å². The number of aliphatic hydroxyl groups is 1. The zero-order valence-electron chi connectivity index (χ0n) is 25.6. The van der Waals surface area contributed by atoms with Crippen molar-refractivity contribution in [1.29, 1.82) is 0 Å². The molecule has 2 saturated heterocycles. The second kappa shape index (κ2) is 13.4. The largest absolute Gasteiger partial charge is 0.455 e. The number of halogens is 1. The number of aliphatic hydroxyl groups excluding tert-OH is 1. The first-order valence-corrected chi connectivity index (χ1v) is 17.0. The van der Waals surface area contributed by atoms with E-state index in [4.69, 9.17) is 9.47 Å². The number of esters is 1. The Morgan fingerprint density at radius 2 is 1.78 bits per heavy atom. The van der Waals surface area contributed by atoms with Crippen LogP contribution in [-0.2, 0) is 28.7 Å². The highest BCUT2D eigenvalue weighted by molar-refractivity contribution is 9.11. The lowest BCUT2D eigenvalue weighted by molar-refractivity contribution is -0.161. The van der Waals surface area contributed by atoms with Gasteiger partial charge in [-0.15, -0.1) is 0 Å². The Kier molecular flexibility index (Phi) is 9.49. The summed E-state index contributed by atoms with van der Waals surface area (Å²) < 4.78 is 13.4. The van der Waals surface area contributed by atoms with Crippen LogP contribution in [0.4, 0.5) is 0 Å². The van der Waals surface area contributed by atoms with Crippen LogP contribution < -0.4 is 5.32 Å². The number of fused-ring (bicyclic) bond motifs is 2. The highest BCUT2D eigenvalue weighted by Crippen LogP contribution is 2.59. The minimum atomic E-state index is -1.36. The number of benzene rings is 1. The van der Waals surface area contributed by atoms with Gasteiger partial charge in [-0.3, -0.25) is 19.2 Å². The number of likely N-dealkylation sites (tertiary alicyclic amines) is 1. The molecule has 2 N–H and O–H groups in total. The van der Waals surface area contributed by atoms with Gasteiger partial charge in [0.05, 0.1) is 12.0 Å². The van der Waals surface area contributed by atoms with Crippen LogP contribution in [-0.4, -0.2) is 88.1 Å². The lowest BCUT2D eigenvalue weighted by Gasteiger charge is -2.40. The van der Waals surface area contributed by atoms with Crippen LogP contribution in [0.25, 0.3) is 0 Å². The topological polar surface area (TPSA) is 125 Å². The van der Waals surface area contributed by atoms with Crippen molar-refractivity contribution in [2.24, 2.45) is 11.8 Å². The lowest BCUT2D eigenvalue weighted by atomic mass is 9.74. The molecule has 45 heavy (non-hydrogen) atoms. The third-order valence-electron chi connectivity index (χ3n) is 10.0. The van der Waals surface area contributed by atoms with Gasteiger partial charge in [0, 0.05) is 36.6 Å². The molecule has 5 bridgehead atoms. The molecule has 0 radical (unpaired) electrons. The van der Waals surface area contributed by atoms with Crippen molar-refractivity contribution in [3.05, 3.63) is 58.6 Å². The van der Waals surface area contributed by atoms with Gasteiger partial charge in [-0.25, -0.2) is 0 Å². The lowest BCUT2D eigenvalue weighted by Crippen LogP contribution is -2.58. The molecule has 242 valence electrons. The predicted octanol–water partition coefficient (Wildman–Crippen LogP) is 3.54. The average Bonchev–Trinajstić information content (AvgIpc) is 3.63. The molecule has 0 unspecified atom stereocenters. The molecule has 11 heteroatoms. The minimum Gasteiger partial charge on any atom is -0.455 e. The molecule has 1 spiro atoms. The normalized spacial score (nSPS) is 35.2. The van der Waals surface area contributed by atoms with Crippen molar-refractivity contribution in [3.63, 3.8) is 0 Å². The second-order valence-electron chi connectivity index (χ2n) is 12.9. The zero-order chi connectivity index (χ0) is 31.7. The molecule has 1 aliphatic carbocycles. The number of carbonyl (C=O) groups is 4. The van der Waals surface area contributed by atoms with Gasteiger partial charge in [-0.2, -0.15) is 0 Å². The Bertz CT molecular complexity index is 1360. The van der Waals surface area contributed by atoms with Gasteiger partial charge in [-0.1, -0.05) is 77.7 Å². The van der Waals surface area contributed by atoms with Crippen molar-refractivity contribution in [3.8, 4) is 0 Å². The molecule has 7 atom stereocenters. The standard InChI is InChI=1S/C34H42BrN3O7/c1-21-28(22-12-5-2-6-13-22)44-33(43)26-27-31(41)38(18-11-19-39)30(34(27)20-24(35)29(26)45-34)32(42)37(23-14-7-3-8-15-23)17-10-4-9-16-25(40)36-21/h2,4-6,10,12-13,20-21,23,26-30,39H,3,7-9,11,14-19H2,1H3,(H,36,40)/b10-4-/t21-,26+,27-,28+,29+,30+,34-/m1/s1. The van der Waals surface area contributed by atoms with E-state index >= 15 is 0 Å². The number of allylic oxidation sites excluding steroid dienone is 1. The van der Waals surface area contributed by atoms with Gasteiger partial charge in [0.1, 0.15) is 29.8 Å². The number of nitrogens with one attached hydrogen (secondary N) is 1. The Labute approximate surface area is 272 Å². The summed E-state index contributed by atoms with van der Waals surface area (Å²) in [7, 11) is 0. The van der Waals surface area contributed by atoms with E-state index in [0.717, 1.165) is 32.1 Å². The molecule has 3 amide bonds. The highest BCUT2D eigenvalue weighted by atomic mass is 79.9. The van der Waals surface area contributed by atoms with Crippen LogP contribution in [0.15, 0.2) is 53.0 Å². The third-order valence-corrected chi connectivity index (χ3v) is 10.7. The number of hydrogen-bond donors (Lipinski definition) is 2. The molecule has 3 fully saturated rings. The van der Waals surface area contributed by atoms with Gasteiger partial charge in [0.2, 0.25) is 17.7 Å². The Balaban J connectivity index is 1.43. The van der Waals surface area contributed by atoms with E-state index in [9.17, 15) is 24.3 Å². The Hall–Kier alpha value is -3.02. The number of carbonyl (C=O) groups excluding carboxylic acids is 4. The fourth-order valence-corrected chi connectivity index (χ4v) is 8.68. The molecule has 4 aliphatic heterocycles. The third kappa shape index (κ3) is 5.87. The molecule has 1 saturated carbocycles. The first-order chi connectivity index (χ1) is 21.8. The van der Waals surface area contributed by atoms with Crippen LogP contribution in [0, 0.1) is 11.8 Å². The van der Waals surface area contributed by atoms with Crippen LogP contribution in [0.1, 0.15) is 70.0 Å². The van der Waals surface area contributed by atoms with Crippen LogP contribution in [0.5, 0.6) is 0 Å². The zero-order valence-corrected chi connectivity index (χ0v) is 27.2. The fraction of sp³-hybridized carbons (Fsp3) is 0.588. The number of ether oxygens (including phenoxy) is 2. The summed E-state index contributed by atoms with van der Waals surface area (Å²) >= 11 is 3.61. The average molecular weight is 685 g/mol. The smallest absolute Gasteiger partial charge is 0.313 e. The van der Waals surface area contributed by atoms with Crippen molar-refractivity contribution in [1.82, 2.24) is 15.1 Å². The Morgan fingerprint density at radius 3 is 2.51 bits per heavy atom. The molecular formula is C34H42BrN3O7. The van der Waals surface area contributed by atoms with Crippen LogP contribution in [0.3, 0.4) is 0 Å². The Morgan fingerprint density at radius 1 is 1.02 bits per heavy atom. The minimum absolute atomic E-state index is 0.00536. The molecular weight excluding hydrogens is 642 g/mol. The highest BCUT2D eigenvalue weighted by Gasteiger charge is 2.75. The molecule has 1 aromatic rings. The van der Waals surface area contributed by atoms with Crippen LogP contribution in [0.2, 0.25) is 0 Å². The summed E-state index contributed by atoms with van der Waals surface area (Å²) in [6.45, 7) is 2.16. The summed E-state index contributed by atoms with van der Waals surface area (Å²) in [6, 6.07) is 7.69. The molecule has 10 nitrogen and oxygen atoms in total. The van der Waals surface area contributed by atoms with Gasteiger partial charge in [0.25, 0.3) is 0 Å². The maximum atomic E-state index is 14.8. The van der Waals surface area contributed by atoms with E-state index in [1.165, 1.54) is 4.90 Å². The number of nitrogens with zero attached hydrogens (tertiary/aromatic N) is 2. The fourth-order valence-electron chi connectivity index (χ4n) is 7.94. The summed E-state index contributed by atoms with van der Waals surface area (Å²) in [4.78, 5) is 59.7. The molecule has 1 aromatic carbocycles. The van der Waals surface area contributed by atoms with E-state index < -0.39 is 47.7 Å². The maximum Gasteiger partial charge on any atom is 0.313 e. The number of amides is 3. The van der Waals surface area contributed by atoms with Gasteiger partial charge >= 0.3 is 5.97 Å². The van der Waals surface area contributed by atoms with Gasteiger partial charge < -0.3 is 29.7 Å². The predicted molar refractivity (Wildman–Crippen MR) is 169 cm³/mol. The summed E-state index contributed by atoms with van der Waals surface area (Å²) in [5.74, 6) is -3.32.